The van der Waals surface area contributed by atoms with E-state index < -0.39 is 11.6 Å². The molecule has 3 aromatic carbocycles. The number of rotatable bonds is 15. The zero-order chi connectivity index (χ0) is 30.2. The van der Waals surface area contributed by atoms with Crippen LogP contribution in [0, 0.1) is 0 Å². The molecule has 0 radical (unpaired) electrons. The van der Waals surface area contributed by atoms with Gasteiger partial charge in [-0.05, 0) is 36.8 Å². The van der Waals surface area contributed by atoms with Crippen LogP contribution in [0.1, 0.15) is 124 Å². The number of amides is 1. The van der Waals surface area contributed by atoms with Crippen LogP contribution < -0.4 is 10.1 Å². The molecule has 7 heteroatoms. The van der Waals surface area contributed by atoms with Crippen molar-refractivity contribution in [3.05, 3.63) is 76.9 Å². The minimum Gasteiger partial charge on any atom is -0.508 e. The minimum absolute atomic E-state index is 0.0249. The highest BCUT2D eigenvalue weighted by Gasteiger charge is 2.54. The van der Waals surface area contributed by atoms with E-state index in [1.54, 1.807) is 24.3 Å². The molecule has 0 aliphatic carbocycles. The number of phenolic OH excluding ortho intramolecular Hbond substituents is 2. The molecular weight excluding hydrogens is 542 g/mol. The fourth-order valence-corrected chi connectivity index (χ4v) is 6.34. The molecule has 5 rings (SSSR count). The number of anilines is 1. The van der Waals surface area contributed by atoms with E-state index in [9.17, 15) is 19.8 Å². The predicted octanol–water partition coefficient (Wildman–Crippen LogP) is 9.09. The molecule has 228 valence electrons. The Balaban J connectivity index is 1.21. The number of ether oxygens (including phenoxy) is 2. The van der Waals surface area contributed by atoms with Crippen molar-refractivity contribution in [1.29, 1.82) is 0 Å². The lowest BCUT2D eigenvalue weighted by Gasteiger charge is -2.37. The SMILES string of the molecule is CCCCCCCCCCCCCCCC(=O)Nc1c(O)ccc2c1Oc1cc(O)ccc1C21OC(=O)c2ccccc21. The van der Waals surface area contributed by atoms with E-state index in [-0.39, 0.29) is 34.6 Å². The van der Waals surface area contributed by atoms with Gasteiger partial charge in [-0.25, -0.2) is 4.79 Å². The zero-order valence-electron chi connectivity index (χ0n) is 25.1. The third kappa shape index (κ3) is 6.51. The Morgan fingerprint density at radius 3 is 2.09 bits per heavy atom. The van der Waals surface area contributed by atoms with Crippen LogP contribution in [0.25, 0.3) is 0 Å². The van der Waals surface area contributed by atoms with Crippen molar-refractivity contribution in [1.82, 2.24) is 0 Å². The second-order valence-electron chi connectivity index (χ2n) is 11.8. The van der Waals surface area contributed by atoms with Gasteiger partial charge in [-0.3, -0.25) is 4.79 Å². The fraction of sp³-hybridized carbons (Fsp3) is 0.444. The quantitative estimate of drug-likeness (QED) is 0.0933. The Morgan fingerprint density at radius 1 is 0.767 bits per heavy atom. The molecule has 7 nitrogen and oxygen atoms in total. The number of hydrogen-bond donors (Lipinski definition) is 3. The van der Waals surface area contributed by atoms with Crippen LogP contribution in [-0.2, 0) is 15.1 Å². The Labute approximate surface area is 254 Å². The van der Waals surface area contributed by atoms with Gasteiger partial charge in [-0.2, -0.15) is 0 Å². The molecule has 3 N–H and O–H groups in total. The third-order valence-electron chi connectivity index (χ3n) is 8.62. The fourth-order valence-electron chi connectivity index (χ4n) is 6.34. The third-order valence-corrected chi connectivity index (χ3v) is 8.62. The first kappa shape index (κ1) is 30.5. The number of phenols is 2. The number of carbonyl (C=O) groups excluding carboxylic acids is 2. The molecule has 3 aromatic rings. The number of esters is 1. The summed E-state index contributed by atoms with van der Waals surface area (Å²) in [4.78, 5) is 26.0. The predicted molar refractivity (Wildman–Crippen MR) is 167 cm³/mol. The topological polar surface area (TPSA) is 105 Å². The van der Waals surface area contributed by atoms with Gasteiger partial charge in [-0.1, -0.05) is 102 Å². The Hall–Kier alpha value is -4.00. The molecule has 1 unspecified atom stereocenters. The lowest BCUT2D eigenvalue weighted by atomic mass is 9.77. The van der Waals surface area contributed by atoms with Gasteiger partial charge in [0.25, 0.3) is 0 Å². The Kier molecular flexibility index (Phi) is 9.90. The summed E-state index contributed by atoms with van der Waals surface area (Å²) in [6.45, 7) is 2.25. The van der Waals surface area contributed by atoms with Gasteiger partial charge in [0.15, 0.2) is 11.4 Å². The number of unbranched alkanes of at least 4 members (excludes halogenated alkanes) is 12. The van der Waals surface area contributed by atoms with Crippen molar-refractivity contribution in [3.8, 4) is 23.0 Å². The molecule has 43 heavy (non-hydrogen) atoms. The Morgan fingerprint density at radius 2 is 1.40 bits per heavy atom. The maximum absolute atomic E-state index is 13.0. The summed E-state index contributed by atoms with van der Waals surface area (Å²) in [6.07, 6.45) is 16.3. The van der Waals surface area contributed by atoms with Crippen molar-refractivity contribution in [3.63, 3.8) is 0 Å². The van der Waals surface area contributed by atoms with E-state index >= 15 is 0 Å². The number of carbonyl (C=O) groups is 2. The van der Waals surface area contributed by atoms with Crippen LogP contribution in [-0.4, -0.2) is 22.1 Å². The number of aromatic hydroxyl groups is 2. The van der Waals surface area contributed by atoms with Gasteiger partial charge in [-0.15, -0.1) is 0 Å². The molecule has 1 amide bonds. The minimum atomic E-state index is -1.35. The summed E-state index contributed by atoms with van der Waals surface area (Å²) < 4.78 is 12.3. The van der Waals surface area contributed by atoms with E-state index in [0.29, 0.717) is 28.7 Å². The van der Waals surface area contributed by atoms with E-state index in [1.807, 2.05) is 12.1 Å². The van der Waals surface area contributed by atoms with E-state index in [0.717, 1.165) is 19.3 Å². The molecule has 0 saturated heterocycles. The van der Waals surface area contributed by atoms with Crippen LogP contribution in [0.3, 0.4) is 0 Å². The van der Waals surface area contributed by atoms with Crippen molar-refractivity contribution in [2.24, 2.45) is 0 Å². The normalized spacial score (nSPS) is 16.3. The van der Waals surface area contributed by atoms with Crippen molar-refractivity contribution < 1.29 is 29.3 Å². The number of fused-ring (bicyclic) bond motifs is 6. The van der Waals surface area contributed by atoms with Gasteiger partial charge in [0.1, 0.15) is 22.9 Å². The van der Waals surface area contributed by atoms with E-state index in [4.69, 9.17) is 9.47 Å². The second kappa shape index (κ2) is 14.0. The van der Waals surface area contributed by atoms with E-state index in [1.165, 1.54) is 82.4 Å². The first-order chi connectivity index (χ1) is 21.0. The van der Waals surface area contributed by atoms with Gasteiger partial charge >= 0.3 is 5.97 Å². The highest BCUT2D eigenvalue weighted by atomic mass is 16.6. The lowest BCUT2D eigenvalue weighted by molar-refractivity contribution is -0.116. The van der Waals surface area contributed by atoms with Crippen molar-refractivity contribution >= 4 is 17.6 Å². The molecule has 0 aromatic heterocycles. The van der Waals surface area contributed by atoms with Crippen LogP contribution in [0.4, 0.5) is 5.69 Å². The summed E-state index contributed by atoms with van der Waals surface area (Å²) in [5.74, 6) is -0.439. The highest BCUT2D eigenvalue weighted by molar-refractivity contribution is 5.99. The van der Waals surface area contributed by atoms with Gasteiger partial charge < -0.3 is 25.0 Å². The monoisotopic (exact) mass is 585 g/mol. The lowest BCUT2D eigenvalue weighted by Crippen LogP contribution is -2.33. The summed E-state index contributed by atoms with van der Waals surface area (Å²) in [6, 6.07) is 14.9. The van der Waals surface area contributed by atoms with Crippen LogP contribution in [0.2, 0.25) is 0 Å². The number of nitrogens with one attached hydrogen (secondary N) is 1. The molecule has 0 saturated carbocycles. The average molecular weight is 586 g/mol. The number of benzene rings is 3. The second-order valence-corrected chi connectivity index (χ2v) is 11.8. The molecule has 0 fully saturated rings. The molecule has 0 bridgehead atoms. The van der Waals surface area contributed by atoms with E-state index in [2.05, 4.69) is 12.2 Å². The highest BCUT2D eigenvalue weighted by Crippen LogP contribution is 2.59. The van der Waals surface area contributed by atoms with Crippen LogP contribution in [0.5, 0.6) is 23.0 Å². The standard InChI is InChI=1S/C36H43NO6/c1-2-3-4-5-6-7-8-9-10-11-12-13-14-19-32(40)37-33-30(39)23-22-29-34(33)42-31-24-25(38)20-21-28(31)36(29)27-18-16-15-17-26(27)35(41)43-36/h15-18,20-24,38-39H,2-14,19H2,1H3,(H,37,40). The van der Waals surface area contributed by atoms with Crippen molar-refractivity contribution in [2.75, 3.05) is 5.32 Å². The molecule has 1 atom stereocenters. The largest absolute Gasteiger partial charge is 0.508 e. The van der Waals surface area contributed by atoms with Crippen molar-refractivity contribution in [2.45, 2.75) is 102 Å². The molecule has 2 aliphatic rings. The molecule has 2 heterocycles. The zero-order valence-corrected chi connectivity index (χ0v) is 25.1. The van der Waals surface area contributed by atoms with Crippen LogP contribution in [0.15, 0.2) is 54.6 Å². The van der Waals surface area contributed by atoms with Gasteiger partial charge in [0.2, 0.25) is 5.91 Å². The summed E-state index contributed by atoms with van der Waals surface area (Å²) in [7, 11) is 0. The molecular formula is C36H43NO6. The first-order valence-electron chi connectivity index (χ1n) is 16.0. The molecule has 1 spiro atoms. The summed E-state index contributed by atoms with van der Waals surface area (Å²) >= 11 is 0. The number of hydrogen-bond acceptors (Lipinski definition) is 6. The summed E-state index contributed by atoms with van der Waals surface area (Å²) in [5, 5.41) is 23.9. The summed E-state index contributed by atoms with van der Waals surface area (Å²) in [5.41, 5.74) is 0.851. The first-order valence-corrected chi connectivity index (χ1v) is 16.0. The maximum atomic E-state index is 13.0. The molecule has 2 aliphatic heterocycles. The van der Waals surface area contributed by atoms with Gasteiger partial charge in [0, 0.05) is 23.6 Å². The Bertz CT molecular complexity index is 1450. The van der Waals surface area contributed by atoms with Gasteiger partial charge in [0.05, 0.1) is 11.1 Å². The maximum Gasteiger partial charge on any atom is 0.340 e. The smallest absolute Gasteiger partial charge is 0.340 e. The average Bonchev–Trinajstić information content (AvgIpc) is 3.29. The van der Waals surface area contributed by atoms with Crippen LogP contribution >= 0.6 is 0 Å².